The van der Waals surface area contributed by atoms with Crippen LogP contribution in [0.1, 0.15) is 11.6 Å². The molecule has 1 atom stereocenters. The number of aliphatic carboxylic acids is 2. The first kappa shape index (κ1) is 19.0. The minimum Gasteiger partial charge on any atom is -0.480 e. The molecule has 0 saturated carbocycles. The number of hydrogen-bond donors (Lipinski definition) is 4. The van der Waals surface area contributed by atoms with Crippen LogP contribution >= 0.6 is 11.8 Å². The first-order valence-corrected chi connectivity index (χ1v) is 9.49. The number of nitrogens with zero attached hydrogens (tertiary/aromatic N) is 1. The summed E-state index contributed by atoms with van der Waals surface area (Å²) in [5.74, 6) is -0.914. The Kier molecular flexibility index (Phi) is 5.82. The fourth-order valence-electron chi connectivity index (χ4n) is 3.10. The van der Waals surface area contributed by atoms with E-state index in [-0.39, 0.29) is 0 Å². The molecule has 4 N–H and O–H groups in total. The maximum Gasteiger partial charge on any atom is 0.328 e. The third-order valence-electron chi connectivity index (χ3n) is 4.30. The molecule has 3 rings (SSSR count). The van der Waals surface area contributed by atoms with Crippen LogP contribution < -0.4 is 5.32 Å². The number of benzene rings is 1. The third kappa shape index (κ3) is 4.50. The van der Waals surface area contributed by atoms with Gasteiger partial charge in [0.15, 0.2) is 0 Å². The monoisotopic (exact) mass is 389 g/mol. The van der Waals surface area contributed by atoms with Crippen molar-refractivity contribution in [3.8, 4) is 0 Å². The second-order valence-electron chi connectivity index (χ2n) is 6.05. The molecule has 0 radical (unpaired) electrons. The quantitative estimate of drug-likeness (QED) is 0.557. The summed E-state index contributed by atoms with van der Waals surface area (Å²) in [6.45, 7) is 1.40. The van der Waals surface area contributed by atoms with Gasteiger partial charge in [-0.2, -0.15) is 11.8 Å². The molecule has 2 heterocycles. The number of amides is 1. The van der Waals surface area contributed by atoms with Gasteiger partial charge >= 0.3 is 11.9 Å². The molecule has 1 amide bonds. The molecule has 1 aromatic carbocycles. The van der Waals surface area contributed by atoms with Gasteiger partial charge in [0.25, 0.3) is 0 Å². The molecule has 8 nitrogen and oxygen atoms in total. The summed E-state index contributed by atoms with van der Waals surface area (Å²) < 4.78 is 0. The van der Waals surface area contributed by atoms with Crippen molar-refractivity contribution >= 4 is 46.2 Å². The number of aromatic nitrogens is 1. The van der Waals surface area contributed by atoms with Crippen molar-refractivity contribution in [2.45, 2.75) is 6.04 Å². The zero-order valence-corrected chi connectivity index (χ0v) is 15.2. The minimum absolute atomic E-state index is 0.460. The van der Waals surface area contributed by atoms with E-state index in [2.05, 4.69) is 10.3 Å². The average Bonchev–Trinajstić information content (AvgIpc) is 3.04. The first-order valence-electron chi connectivity index (χ1n) is 8.33. The van der Waals surface area contributed by atoms with Crippen LogP contribution in [0.25, 0.3) is 10.9 Å². The Labute approximate surface area is 159 Å². The van der Waals surface area contributed by atoms with E-state index in [4.69, 9.17) is 5.11 Å². The van der Waals surface area contributed by atoms with Gasteiger partial charge < -0.3 is 20.5 Å². The van der Waals surface area contributed by atoms with E-state index < -0.39 is 23.9 Å². The lowest BCUT2D eigenvalue weighted by atomic mass is 10.0. The second-order valence-corrected chi connectivity index (χ2v) is 7.28. The van der Waals surface area contributed by atoms with Crippen molar-refractivity contribution in [1.29, 1.82) is 0 Å². The van der Waals surface area contributed by atoms with Crippen molar-refractivity contribution in [3.63, 3.8) is 0 Å². The smallest absolute Gasteiger partial charge is 0.328 e. The lowest BCUT2D eigenvalue weighted by molar-refractivity contribution is -0.143. The summed E-state index contributed by atoms with van der Waals surface area (Å²) in [6.07, 6.45) is 3.38. The molecule has 1 aliphatic rings. The van der Waals surface area contributed by atoms with Gasteiger partial charge in [0.1, 0.15) is 6.04 Å². The molecule has 0 spiro atoms. The van der Waals surface area contributed by atoms with Crippen molar-refractivity contribution in [2.24, 2.45) is 0 Å². The highest BCUT2D eigenvalue weighted by atomic mass is 32.2. The van der Waals surface area contributed by atoms with Crippen LogP contribution in [-0.4, -0.2) is 62.5 Å². The topological polar surface area (TPSA) is 123 Å². The number of hydrogen-bond acceptors (Lipinski definition) is 5. The normalized spacial score (nSPS) is 16.4. The third-order valence-corrected chi connectivity index (χ3v) is 5.24. The summed E-state index contributed by atoms with van der Waals surface area (Å²) in [6, 6.07) is 4.35. The highest BCUT2D eigenvalue weighted by Crippen LogP contribution is 2.32. The maximum atomic E-state index is 12.0. The molecule has 1 aliphatic heterocycles. The molecular weight excluding hydrogens is 370 g/mol. The van der Waals surface area contributed by atoms with Crippen LogP contribution in [-0.2, 0) is 14.4 Å². The first-order chi connectivity index (χ1) is 13.0. The van der Waals surface area contributed by atoms with Crippen molar-refractivity contribution < 1.29 is 24.6 Å². The number of nitrogens with one attached hydrogen (secondary N) is 2. The zero-order valence-electron chi connectivity index (χ0n) is 14.3. The average molecular weight is 389 g/mol. The Balaban J connectivity index is 1.90. The van der Waals surface area contributed by atoms with Gasteiger partial charge in [0.2, 0.25) is 5.91 Å². The maximum absolute atomic E-state index is 12.0. The largest absolute Gasteiger partial charge is 0.480 e. The number of carboxylic acids is 2. The number of carboxylic acid groups (broad SMARTS) is 2. The van der Waals surface area contributed by atoms with E-state index in [1.807, 2.05) is 4.90 Å². The Morgan fingerprint density at radius 1 is 1.19 bits per heavy atom. The summed E-state index contributed by atoms with van der Waals surface area (Å²) in [7, 11) is 0. The van der Waals surface area contributed by atoms with E-state index in [1.54, 1.807) is 36.2 Å². The molecular formula is C18H19N3O5S. The summed E-state index contributed by atoms with van der Waals surface area (Å²) >= 11 is 1.81. The van der Waals surface area contributed by atoms with Crippen molar-refractivity contribution in [1.82, 2.24) is 9.88 Å². The van der Waals surface area contributed by atoms with Gasteiger partial charge in [-0.15, -0.1) is 0 Å². The summed E-state index contributed by atoms with van der Waals surface area (Å²) in [5.41, 5.74) is 1.87. The number of carbonyl (C=O) groups excluding carboxylic acids is 1. The highest BCUT2D eigenvalue weighted by Gasteiger charge is 2.30. The lowest BCUT2D eigenvalue weighted by Gasteiger charge is -2.31. The van der Waals surface area contributed by atoms with Gasteiger partial charge in [0, 0.05) is 65.1 Å². The molecule has 1 unspecified atom stereocenters. The van der Waals surface area contributed by atoms with Crippen molar-refractivity contribution in [3.05, 3.63) is 42.1 Å². The highest BCUT2D eigenvalue weighted by molar-refractivity contribution is 7.99. The number of anilines is 1. The molecule has 142 valence electrons. The molecule has 1 saturated heterocycles. The van der Waals surface area contributed by atoms with Crippen molar-refractivity contribution in [2.75, 3.05) is 29.9 Å². The Bertz CT molecular complexity index is 902. The van der Waals surface area contributed by atoms with E-state index in [0.29, 0.717) is 29.7 Å². The fraction of sp³-hybridized carbons (Fsp3) is 0.278. The van der Waals surface area contributed by atoms with E-state index in [0.717, 1.165) is 29.2 Å². The molecule has 1 fully saturated rings. The summed E-state index contributed by atoms with van der Waals surface area (Å²) in [4.78, 5) is 39.3. The van der Waals surface area contributed by atoms with E-state index in [9.17, 15) is 19.5 Å². The van der Waals surface area contributed by atoms with Crippen LogP contribution in [0, 0.1) is 0 Å². The number of aromatic amines is 1. The van der Waals surface area contributed by atoms with Crippen LogP contribution in [0.4, 0.5) is 5.69 Å². The predicted molar refractivity (Wildman–Crippen MR) is 103 cm³/mol. The van der Waals surface area contributed by atoms with Gasteiger partial charge in [0.05, 0.1) is 0 Å². The number of thioether (sulfide) groups is 1. The van der Waals surface area contributed by atoms with Gasteiger partial charge in [-0.05, 0) is 18.2 Å². The lowest BCUT2D eigenvalue weighted by Crippen LogP contribution is -2.39. The van der Waals surface area contributed by atoms with Crippen LogP contribution in [0.15, 0.2) is 36.5 Å². The van der Waals surface area contributed by atoms with Crippen LogP contribution in [0.3, 0.4) is 0 Å². The number of H-pyrrole nitrogens is 1. The zero-order chi connectivity index (χ0) is 19.4. The Hall–Kier alpha value is -2.78. The predicted octanol–water partition coefficient (Wildman–Crippen LogP) is 1.92. The Morgan fingerprint density at radius 3 is 2.59 bits per heavy atom. The Morgan fingerprint density at radius 2 is 1.93 bits per heavy atom. The fourth-order valence-corrected chi connectivity index (χ4v) is 4.03. The van der Waals surface area contributed by atoms with Gasteiger partial charge in [-0.25, -0.2) is 4.79 Å². The number of rotatable bonds is 6. The molecule has 9 heteroatoms. The summed E-state index contributed by atoms with van der Waals surface area (Å²) in [5, 5.41) is 21.7. The van der Waals surface area contributed by atoms with Gasteiger partial charge in [-0.1, -0.05) is 0 Å². The van der Waals surface area contributed by atoms with Crippen LogP contribution in [0.5, 0.6) is 0 Å². The SMILES string of the molecule is O=C(O)C=CC(=O)Nc1ccc2[nH]cc(C(C(=O)O)N3CCSCC3)c2c1. The number of fused-ring (bicyclic) bond motifs is 1. The van der Waals surface area contributed by atoms with E-state index in [1.165, 1.54) is 0 Å². The molecule has 0 bridgehead atoms. The number of carbonyl (C=O) groups is 3. The molecule has 27 heavy (non-hydrogen) atoms. The van der Waals surface area contributed by atoms with Crippen LogP contribution in [0.2, 0.25) is 0 Å². The molecule has 2 aromatic rings. The van der Waals surface area contributed by atoms with Gasteiger partial charge in [-0.3, -0.25) is 14.5 Å². The molecule has 1 aromatic heterocycles. The molecule has 0 aliphatic carbocycles. The second kappa shape index (κ2) is 8.28. The standard InChI is InChI=1S/C18H19N3O5S/c22-15(3-4-16(23)24)20-11-1-2-14-12(9-11)13(10-19-14)17(18(25)26)21-5-7-27-8-6-21/h1-4,9-10,17,19H,5-8H2,(H,20,22)(H,23,24)(H,25,26). The van der Waals surface area contributed by atoms with E-state index >= 15 is 0 Å². The minimum atomic E-state index is -1.21.